The molecule has 23 heavy (non-hydrogen) atoms. The van der Waals surface area contributed by atoms with Gasteiger partial charge in [-0.2, -0.15) is 0 Å². The maximum absolute atomic E-state index is 13.7. The minimum absolute atomic E-state index is 0.0768. The zero-order chi connectivity index (χ0) is 16.2. The fourth-order valence-corrected chi connectivity index (χ4v) is 3.16. The van der Waals surface area contributed by atoms with Gasteiger partial charge in [0, 0.05) is 25.3 Å². The van der Waals surface area contributed by atoms with Crippen LogP contribution in [0, 0.1) is 11.7 Å². The molecule has 3 nitrogen and oxygen atoms in total. The number of amides is 1. The second kappa shape index (κ2) is 7.01. The van der Waals surface area contributed by atoms with Crippen LogP contribution in [0.1, 0.15) is 16.8 Å². The van der Waals surface area contributed by atoms with Gasteiger partial charge < -0.3 is 10.2 Å². The third-order valence-electron chi connectivity index (χ3n) is 4.15. The van der Waals surface area contributed by atoms with Crippen molar-refractivity contribution >= 4 is 23.2 Å². The summed E-state index contributed by atoms with van der Waals surface area (Å²) in [6.45, 7) is 2.37. The Kier molecular flexibility index (Phi) is 4.82. The topological polar surface area (TPSA) is 32.3 Å². The Bertz CT molecular complexity index is 672. The van der Waals surface area contributed by atoms with Gasteiger partial charge in [0.2, 0.25) is 0 Å². The van der Waals surface area contributed by atoms with Crippen LogP contribution in [0.5, 0.6) is 0 Å². The average molecular weight is 333 g/mol. The van der Waals surface area contributed by atoms with Crippen LogP contribution in [0.25, 0.3) is 0 Å². The molecule has 0 spiro atoms. The molecule has 1 fully saturated rings. The highest BCUT2D eigenvalue weighted by Gasteiger charge is 2.24. The molecule has 1 saturated heterocycles. The molecule has 1 atom stereocenters. The first kappa shape index (κ1) is 15.8. The highest BCUT2D eigenvalue weighted by molar-refractivity contribution is 6.33. The van der Waals surface area contributed by atoms with Crippen molar-refractivity contribution < 1.29 is 9.18 Å². The number of anilines is 1. The van der Waals surface area contributed by atoms with Crippen molar-refractivity contribution in [1.29, 1.82) is 0 Å². The van der Waals surface area contributed by atoms with Crippen molar-refractivity contribution in [2.75, 3.05) is 24.5 Å². The molecule has 2 aromatic carbocycles. The lowest BCUT2D eigenvalue weighted by atomic mass is 10.1. The fraction of sp³-hybridized carbons (Fsp3) is 0.278. The van der Waals surface area contributed by atoms with Gasteiger partial charge in [-0.3, -0.25) is 4.79 Å². The van der Waals surface area contributed by atoms with Crippen LogP contribution in [0.15, 0.2) is 48.5 Å². The molecular formula is C18H18ClFN2O. The number of benzene rings is 2. The Balaban J connectivity index is 1.56. The molecular weight excluding hydrogens is 315 g/mol. The van der Waals surface area contributed by atoms with Crippen LogP contribution < -0.4 is 10.2 Å². The molecule has 120 valence electrons. The van der Waals surface area contributed by atoms with Gasteiger partial charge in [0.25, 0.3) is 5.91 Å². The number of para-hydroxylation sites is 1. The first-order valence-electron chi connectivity index (χ1n) is 7.67. The molecule has 0 radical (unpaired) electrons. The number of rotatable bonds is 4. The van der Waals surface area contributed by atoms with E-state index in [1.165, 1.54) is 23.9 Å². The summed E-state index contributed by atoms with van der Waals surface area (Å²) in [5, 5.41) is 2.94. The summed E-state index contributed by atoms with van der Waals surface area (Å²) >= 11 is 5.91. The standard InChI is InChI=1S/C18H18ClFN2O/c19-15-7-4-8-16(20)17(15)18(23)21-11-13-9-10-22(12-13)14-5-2-1-3-6-14/h1-8,13H,9-12H2,(H,21,23). The predicted molar refractivity (Wildman–Crippen MR) is 90.5 cm³/mol. The van der Waals surface area contributed by atoms with Gasteiger partial charge in [-0.25, -0.2) is 4.39 Å². The van der Waals surface area contributed by atoms with E-state index >= 15 is 0 Å². The Morgan fingerprint density at radius 3 is 2.74 bits per heavy atom. The summed E-state index contributed by atoms with van der Waals surface area (Å²) < 4.78 is 13.7. The number of nitrogens with one attached hydrogen (secondary N) is 1. The average Bonchev–Trinajstić information content (AvgIpc) is 3.02. The molecule has 0 saturated carbocycles. The number of hydrogen-bond donors (Lipinski definition) is 1. The quantitative estimate of drug-likeness (QED) is 0.925. The molecule has 5 heteroatoms. The molecule has 1 aliphatic rings. The summed E-state index contributed by atoms with van der Waals surface area (Å²) in [6.07, 6.45) is 1.00. The molecule has 3 rings (SSSR count). The SMILES string of the molecule is O=C(NCC1CCN(c2ccccc2)C1)c1c(F)cccc1Cl. The summed E-state index contributed by atoms with van der Waals surface area (Å²) in [7, 11) is 0. The number of hydrogen-bond acceptors (Lipinski definition) is 2. The second-order valence-electron chi connectivity index (χ2n) is 5.74. The minimum atomic E-state index is -0.590. The van der Waals surface area contributed by atoms with Gasteiger partial charge in [-0.15, -0.1) is 0 Å². The van der Waals surface area contributed by atoms with E-state index in [4.69, 9.17) is 11.6 Å². The number of nitrogens with zero attached hydrogens (tertiary/aromatic N) is 1. The summed E-state index contributed by atoms with van der Waals surface area (Å²) in [5.74, 6) is -0.691. The van der Waals surface area contributed by atoms with E-state index in [9.17, 15) is 9.18 Å². The maximum atomic E-state index is 13.7. The van der Waals surface area contributed by atoms with Crippen molar-refractivity contribution in [1.82, 2.24) is 5.32 Å². The first-order chi connectivity index (χ1) is 11.1. The van der Waals surface area contributed by atoms with Gasteiger partial charge in [-0.05, 0) is 36.6 Å². The van der Waals surface area contributed by atoms with Crippen molar-refractivity contribution in [3.63, 3.8) is 0 Å². The smallest absolute Gasteiger partial charge is 0.255 e. The van der Waals surface area contributed by atoms with Crippen molar-refractivity contribution in [3.8, 4) is 0 Å². The molecule has 2 aromatic rings. The van der Waals surface area contributed by atoms with Gasteiger partial charge in [0.15, 0.2) is 0 Å². The van der Waals surface area contributed by atoms with Crippen LogP contribution in [-0.2, 0) is 0 Å². The second-order valence-corrected chi connectivity index (χ2v) is 6.15. The van der Waals surface area contributed by atoms with Crippen LogP contribution >= 0.6 is 11.6 Å². The summed E-state index contributed by atoms with van der Waals surface area (Å²) in [5.41, 5.74) is 1.12. The Morgan fingerprint density at radius 1 is 1.22 bits per heavy atom. The molecule has 1 heterocycles. The van der Waals surface area contributed by atoms with E-state index in [1.54, 1.807) is 0 Å². The van der Waals surface area contributed by atoms with Crippen LogP contribution in [-0.4, -0.2) is 25.5 Å². The zero-order valence-corrected chi connectivity index (χ0v) is 13.4. The van der Waals surface area contributed by atoms with E-state index in [1.807, 2.05) is 18.2 Å². The van der Waals surface area contributed by atoms with Gasteiger partial charge in [-0.1, -0.05) is 35.9 Å². The van der Waals surface area contributed by atoms with Crippen LogP contribution in [0.3, 0.4) is 0 Å². The van der Waals surface area contributed by atoms with Gasteiger partial charge in [0.1, 0.15) is 5.82 Å². The van der Waals surface area contributed by atoms with E-state index < -0.39 is 11.7 Å². The first-order valence-corrected chi connectivity index (χ1v) is 8.05. The number of carbonyl (C=O) groups is 1. The zero-order valence-electron chi connectivity index (χ0n) is 12.6. The molecule has 0 aromatic heterocycles. The van der Waals surface area contributed by atoms with Crippen molar-refractivity contribution in [3.05, 3.63) is 64.9 Å². The molecule has 0 bridgehead atoms. The molecule has 1 unspecified atom stereocenters. The van der Waals surface area contributed by atoms with E-state index in [-0.39, 0.29) is 10.6 Å². The van der Waals surface area contributed by atoms with E-state index in [0.29, 0.717) is 12.5 Å². The number of carbonyl (C=O) groups excluding carboxylic acids is 1. The Labute approximate surface area is 140 Å². The lowest BCUT2D eigenvalue weighted by Crippen LogP contribution is -2.31. The lowest BCUT2D eigenvalue weighted by molar-refractivity contribution is 0.0944. The highest BCUT2D eigenvalue weighted by atomic mass is 35.5. The predicted octanol–water partition coefficient (Wildman–Crippen LogP) is 3.74. The largest absolute Gasteiger partial charge is 0.371 e. The van der Waals surface area contributed by atoms with Gasteiger partial charge >= 0.3 is 0 Å². The third-order valence-corrected chi connectivity index (χ3v) is 4.46. The van der Waals surface area contributed by atoms with Crippen LogP contribution in [0.4, 0.5) is 10.1 Å². The molecule has 1 aliphatic heterocycles. The van der Waals surface area contributed by atoms with E-state index in [0.717, 1.165) is 19.5 Å². The maximum Gasteiger partial charge on any atom is 0.255 e. The summed E-state index contributed by atoms with van der Waals surface area (Å²) in [6, 6.07) is 14.5. The fourth-order valence-electron chi connectivity index (χ4n) is 2.91. The molecule has 0 aliphatic carbocycles. The molecule has 1 amide bonds. The summed E-state index contributed by atoms with van der Waals surface area (Å²) in [4.78, 5) is 14.4. The Hall–Kier alpha value is -2.07. The normalized spacial score (nSPS) is 17.3. The van der Waals surface area contributed by atoms with Crippen molar-refractivity contribution in [2.45, 2.75) is 6.42 Å². The van der Waals surface area contributed by atoms with E-state index in [2.05, 4.69) is 22.3 Å². The number of halogens is 2. The molecule has 1 N–H and O–H groups in total. The van der Waals surface area contributed by atoms with Crippen molar-refractivity contribution in [2.24, 2.45) is 5.92 Å². The Morgan fingerprint density at radius 2 is 2.00 bits per heavy atom. The van der Waals surface area contributed by atoms with Crippen LogP contribution in [0.2, 0.25) is 5.02 Å². The highest BCUT2D eigenvalue weighted by Crippen LogP contribution is 2.23. The monoisotopic (exact) mass is 332 g/mol. The third kappa shape index (κ3) is 3.64. The lowest BCUT2D eigenvalue weighted by Gasteiger charge is -2.18. The van der Waals surface area contributed by atoms with Gasteiger partial charge in [0.05, 0.1) is 10.6 Å². The minimum Gasteiger partial charge on any atom is -0.371 e.